The third kappa shape index (κ3) is 9.45. The molecule has 2 N–H and O–H groups in total. The second kappa shape index (κ2) is 13.4. The molecule has 2 rings (SSSR count). The van der Waals surface area contributed by atoms with Crippen LogP contribution in [0.5, 0.6) is 0 Å². The van der Waals surface area contributed by atoms with Crippen LogP contribution >= 0.6 is 24.0 Å². The maximum absolute atomic E-state index is 4.66. The lowest BCUT2D eigenvalue weighted by atomic mass is 9.99. The molecule has 0 spiro atoms. The van der Waals surface area contributed by atoms with Crippen molar-refractivity contribution in [1.29, 1.82) is 0 Å². The van der Waals surface area contributed by atoms with Crippen molar-refractivity contribution < 1.29 is 0 Å². The van der Waals surface area contributed by atoms with Crippen LogP contribution in [0.15, 0.2) is 35.3 Å². The fourth-order valence-electron chi connectivity index (χ4n) is 3.05. The van der Waals surface area contributed by atoms with Crippen LogP contribution < -0.4 is 10.6 Å². The number of hydrogen-bond donors (Lipinski definition) is 2. The van der Waals surface area contributed by atoms with Gasteiger partial charge in [-0.3, -0.25) is 0 Å². The summed E-state index contributed by atoms with van der Waals surface area (Å²) >= 11 is 0. The first-order chi connectivity index (χ1) is 11.8. The molecule has 0 bridgehead atoms. The van der Waals surface area contributed by atoms with Gasteiger partial charge in [0.1, 0.15) is 0 Å². The van der Waals surface area contributed by atoms with E-state index in [1.807, 2.05) is 6.07 Å². The topological polar surface area (TPSA) is 39.7 Å². The van der Waals surface area contributed by atoms with E-state index < -0.39 is 0 Å². The summed E-state index contributed by atoms with van der Waals surface area (Å²) in [6.07, 6.45) is 5.20. The van der Waals surface area contributed by atoms with Crippen LogP contribution in [0, 0.1) is 5.92 Å². The van der Waals surface area contributed by atoms with Gasteiger partial charge in [0.2, 0.25) is 0 Å². The molecule has 4 nitrogen and oxygen atoms in total. The predicted octanol–water partition coefficient (Wildman–Crippen LogP) is 3.87. The number of aliphatic imine (C=N–C) groups is 1. The molecule has 5 heteroatoms. The summed E-state index contributed by atoms with van der Waals surface area (Å²) in [5.74, 6) is 1.85. The van der Waals surface area contributed by atoms with Gasteiger partial charge in [-0.25, -0.2) is 4.99 Å². The van der Waals surface area contributed by atoms with E-state index in [4.69, 9.17) is 0 Å². The van der Waals surface area contributed by atoms with Crippen molar-refractivity contribution in [2.45, 2.75) is 46.1 Å². The van der Waals surface area contributed by atoms with Crippen LogP contribution in [0.1, 0.15) is 45.1 Å². The third-order valence-corrected chi connectivity index (χ3v) is 4.68. The van der Waals surface area contributed by atoms with Gasteiger partial charge in [0.05, 0.1) is 6.54 Å². The molecule has 142 valence electrons. The molecule has 1 aromatic rings. The zero-order valence-corrected chi connectivity index (χ0v) is 18.2. The van der Waals surface area contributed by atoms with E-state index in [9.17, 15) is 0 Å². The predicted molar refractivity (Wildman–Crippen MR) is 119 cm³/mol. The molecule has 0 saturated carbocycles. The molecule has 0 unspecified atom stereocenters. The van der Waals surface area contributed by atoms with E-state index in [0.717, 1.165) is 31.5 Å². The third-order valence-electron chi connectivity index (χ3n) is 4.68. The molecule has 1 aliphatic rings. The Morgan fingerprint density at radius 1 is 1.12 bits per heavy atom. The molecule has 1 heterocycles. The number of guanidine groups is 1. The van der Waals surface area contributed by atoms with Gasteiger partial charge in [-0.15, -0.1) is 24.0 Å². The van der Waals surface area contributed by atoms with Gasteiger partial charge in [0, 0.05) is 13.1 Å². The molecule has 0 atom stereocenters. The van der Waals surface area contributed by atoms with Gasteiger partial charge in [-0.1, -0.05) is 37.3 Å². The van der Waals surface area contributed by atoms with Gasteiger partial charge in [0.15, 0.2) is 5.96 Å². The number of rotatable bonds is 8. The van der Waals surface area contributed by atoms with Crippen molar-refractivity contribution in [2.75, 3.05) is 32.7 Å². The summed E-state index contributed by atoms with van der Waals surface area (Å²) in [7, 11) is 0. The second-order valence-electron chi connectivity index (χ2n) is 6.84. The van der Waals surface area contributed by atoms with Gasteiger partial charge < -0.3 is 15.5 Å². The van der Waals surface area contributed by atoms with Crippen LogP contribution in [0.4, 0.5) is 0 Å². The first-order valence-corrected chi connectivity index (χ1v) is 9.56. The molecule has 1 aromatic carbocycles. The van der Waals surface area contributed by atoms with Crippen molar-refractivity contribution in [1.82, 2.24) is 15.5 Å². The minimum atomic E-state index is 0. The van der Waals surface area contributed by atoms with Crippen LogP contribution in [0.25, 0.3) is 0 Å². The largest absolute Gasteiger partial charge is 0.357 e. The van der Waals surface area contributed by atoms with Crippen molar-refractivity contribution in [3.8, 4) is 0 Å². The Kier molecular flexibility index (Phi) is 11.9. The first kappa shape index (κ1) is 22.2. The smallest absolute Gasteiger partial charge is 0.191 e. The van der Waals surface area contributed by atoms with Crippen molar-refractivity contribution in [2.24, 2.45) is 10.9 Å². The summed E-state index contributed by atoms with van der Waals surface area (Å²) < 4.78 is 0. The molecular weight excluding hydrogens is 423 g/mol. The summed E-state index contributed by atoms with van der Waals surface area (Å²) in [6, 6.07) is 10.4. The molecule has 1 aliphatic heterocycles. The molecular formula is C20H35IN4. The SMILES string of the molecule is CCNC(=NCc1ccccc1)NCCCCN1CCC(C)CC1.I. The molecule has 0 aromatic heterocycles. The molecule has 0 radical (unpaired) electrons. The number of halogens is 1. The summed E-state index contributed by atoms with van der Waals surface area (Å²) in [5.41, 5.74) is 1.24. The highest BCUT2D eigenvalue weighted by atomic mass is 127. The van der Waals surface area contributed by atoms with Crippen molar-refractivity contribution in [3.05, 3.63) is 35.9 Å². The van der Waals surface area contributed by atoms with Crippen LogP contribution in [0.2, 0.25) is 0 Å². The molecule has 1 fully saturated rings. The first-order valence-electron chi connectivity index (χ1n) is 9.56. The Bertz CT molecular complexity index is 470. The highest BCUT2D eigenvalue weighted by Gasteiger charge is 2.14. The van der Waals surface area contributed by atoms with E-state index in [1.165, 1.54) is 50.9 Å². The Labute approximate surface area is 170 Å². The van der Waals surface area contributed by atoms with E-state index in [-0.39, 0.29) is 24.0 Å². The highest BCUT2D eigenvalue weighted by Crippen LogP contribution is 2.15. The Morgan fingerprint density at radius 3 is 2.52 bits per heavy atom. The summed E-state index contributed by atoms with van der Waals surface area (Å²) in [4.78, 5) is 7.28. The number of nitrogens with one attached hydrogen (secondary N) is 2. The van der Waals surface area contributed by atoms with E-state index in [1.54, 1.807) is 0 Å². The standard InChI is InChI=1S/C20H34N4.HI/c1-3-21-20(23-17-19-9-5-4-6-10-19)22-13-7-8-14-24-15-11-18(2)12-16-24;/h4-6,9-10,18H,3,7-8,11-17H2,1-2H3,(H2,21,22,23);1H. The Balaban J connectivity index is 0.00000312. The quantitative estimate of drug-likeness (QED) is 0.269. The fraction of sp³-hybridized carbons (Fsp3) is 0.650. The van der Waals surface area contributed by atoms with Gasteiger partial charge in [-0.2, -0.15) is 0 Å². The molecule has 0 aliphatic carbocycles. The monoisotopic (exact) mass is 458 g/mol. The maximum atomic E-state index is 4.66. The zero-order valence-electron chi connectivity index (χ0n) is 15.8. The fourth-order valence-corrected chi connectivity index (χ4v) is 3.05. The van der Waals surface area contributed by atoms with Crippen molar-refractivity contribution in [3.63, 3.8) is 0 Å². The zero-order chi connectivity index (χ0) is 17.0. The van der Waals surface area contributed by atoms with Gasteiger partial charge in [-0.05, 0) is 63.7 Å². The minimum Gasteiger partial charge on any atom is -0.357 e. The highest BCUT2D eigenvalue weighted by molar-refractivity contribution is 14.0. The molecule has 25 heavy (non-hydrogen) atoms. The Hall–Kier alpha value is -0.820. The van der Waals surface area contributed by atoms with E-state index in [2.05, 4.69) is 58.6 Å². The van der Waals surface area contributed by atoms with Gasteiger partial charge >= 0.3 is 0 Å². The normalized spacial score (nSPS) is 16.3. The minimum absolute atomic E-state index is 0. The lowest BCUT2D eigenvalue weighted by Gasteiger charge is -2.30. The lowest BCUT2D eigenvalue weighted by molar-refractivity contribution is 0.189. The van der Waals surface area contributed by atoms with E-state index >= 15 is 0 Å². The number of likely N-dealkylation sites (tertiary alicyclic amines) is 1. The maximum Gasteiger partial charge on any atom is 0.191 e. The van der Waals surface area contributed by atoms with Crippen LogP contribution in [0.3, 0.4) is 0 Å². The van der Waals surface area contributed by atoms with Crippen LogP contribution in [-0.4, -0.2) is 43.6 Å². The number of piperidine rings is 1. The van der Waals surface area contributed by atoms with E-state index in [0.29, 0.717) is 0 Å². The van der Waals surface area contributed by atoms with Gasteiger partial charge in [0.25, 0.3) is 0 Å². The average Bonchev–Trinajstić information content (AvgIpc) is 2.62. The number of hydrogen-bond acceptors (Lipinski definition) is 2. The van der Waals surface area contributed by atoms with Crippen LogP contribution in [-0.2, 0) is 6.54 Å². The Morgan fingerprint density at radius 2 is 1.84 bits per heavy atom. The summed E-state index contributed by atoms with van der Waals surface area (Å²) in [6.45, 7) is 10.9. The molecule has 1 saturated heterocycles. The second-order valence-corrected chi connectivity index (χ2v) is 6.84. The lowest BCUT2D eigenvalue weighted by Crippen LogP contribution is -2.38. The summed E-state index contributed by atoms with van der Waals surface area (Å²) in [5, 5.41) is 6.78. The molecule has 0 amide bonds. The number of benzene rings is 1. The average molecular weight is 458 g/mol. The number of unbranched alkanes of at least 4 members (excludes halogenated alkanes) is 1. The number of nitrogens with zero attached hydrogens (tertiary/aromatic N) is 2. The van der Waals surface area contributed by atoms with Crippen molar-refractivity contribution >= 4 is 29.9 Å².